The third-order valence-electron chi connectivity index (χ3n) is 3.45. The van der Waals surface area contributed by atoms with Gasteiger partial charge in [0.25, 0.3) is 0 Å². The molecule has 3 N–H and O–H groups in total. The molecule has 1 unspecified atom stereocenters. The van der Waals surface area contributed by atoms with Crippen molar-refractivity contribution in [3.05, 3.63) is 0 Å². The number of nitrogens with two attached hydrogens (primary N) is 1. The highest BCUT2D eigenvalue weighted by molar-refractivity contribution is 5.84. The number of carbonyl (C=O) groups is 1. The Morgan fingerprint density at radius 3 is 2.28 bits per heavy atom. The van der Waals surface area contributed by atoms with E-state index in [1.165, 1.54) is 0 Å². The van der Waals surface area contributed by atoms with Gasteiger partial charge in [-0.15, -0.1) is 0 Å². The molecule has 108 valence electrons. The Labute approximate surface area is 112 Å². The van der Waals surface area contributed by atoms with Gasteiger partial charge in [-0.25, -0.2) is 0 Å². The maximum absolute atomic E-state index is 11.6. The van der Waals surface area contributed by atoms with Crippen LogP contribution in [0.4, 0.5) is 0 Å². The summed E-state index contributed by atoms with van der Waals surface area (Å²) < 4.78 is 0. The molecule has 0 aliphatic heterocycles. The summed E-state index contributed by atoms with van der Waals surface area (Å²) >= 11 is 0. The van der Waals surface area contributed by atoms with E-state index in [1.54, 1.807) is 0 Å². The summed E-state index contributed by atoms with van der Waals surface area (Å²) in [7, 11) is 0. The second-order valence-electron chi connectivity index (χ2n) is 5.50. The molecule has 0 rings (SSSR count). The van der Waals surface area contributed by atoms with E-state index >= 15 is 0 Å². The van der Waals surface area contributed by atoms with Gasteiger partial charge in [-0.1, -0.05) is 13.8 Å². The molecule has 4 nitrogen and oxygen atoms in total. The first-order valence-electron chi connectivity index (χ1n) is 7.16. The van der Waals surface area contributed by atoms with Crippen LogP contribution in [0.5, 0.6) is 0 Å². The van der Waals surface area contributed by atoms with Crippen LogP contribution >= 0.6 is 0 Å². The SMILES string of the molecule is CCCNC(C)(CCN(CCC)C(C)C)C(N)=O. The molecular formula is C14H31N3O. The van der Waals surface area contributed by atoms with Gasteiger partial charge in [-0.05, 0) is 53.1 Å². The Hall–Kier alpha value is -0.610. The number of nitrogens with one attached hydrogen (secondary N) is 1. The zero-order chi connectivity index (χ0) is 14.2. The normalized spacial score (nSPS) is 15.1. The Kier molecular flexibility index (Phi) is 8.20. The zero-order valence-electron chi connectivity index (χ0n) is 12.8. The first-order valence-corrected chi connectivity index (χ1v) is 7.16. The van der Waals surface area contributed by atoms with Crippen molar-refractivity contribution in [2.45, 2.75) is 65.5 Å². The van der Waals surface area contributed by atoms with E-state index in [0.29, 0.717) is 6.04 Å². The van der Waals surface area contributed by atoms with Crippen molar-refractivity contribution >= 4 is 5.91 Å². The van der Waals surface area contributed by atoms with Gasteiger partial charge in [0.1, 0.15) is 0 Å². The maximum atomic E-state index is 11.6. The minimum absolute atomic E-state index is 0.254. The van der Waals surface area contributed by atoms with Crippen molar-refractivity contribution in [2.75, 3.05) is 19.6 Å². The quantitative estimate of drug-likeness (QED) is 0.627. The lowest BCUT2D eigenvalue weighted by molar-refractivity contribution is -0.124. The van der Waals surface area contributed by atoms with Gasteiger partial charge >= 0.3 is 0 Å². The van der Waals surface area contributed by atoms with Crippen molar-refractivity contribution in [1.29, 1.82) is 0 Å². The second kappa shape index (κ2) is 8.48. The highest BCUT2D eigenvalue weighted by Crippen LogP contribution is 2.12. The van der Waals surface area contributed by atoms with E-state index in [2.05, 4.69) is 37.9 Å². The Morgan fingerprint density at radius 1 is 1.28 bits per heavy atom. The Morgan fingerprint density at radius 2 is 1.89 bits per heavy atom. The van der Waals surface area contributed by atoms with Crippen molar-refractivity contribution in [3.63, 3.8) is 0 Å². The summed E-state index contributed by atoms with van der Waals surface area (Å²) in [4.78, 5) is 14.0. The topological polar surface area (TPSA) is 58.4 Å². The van der Waals surface area contributed by atoms with Gasteiger partial charge in [0, 0.05) is 12.6 Å². The standard InChI is InChI=1S/C14H31N3O/c1-6-9-16-14(5,13(15)18)8-11-17(10-7-2)12(3)4/h12,16H,6-11H2,1-5H3,(H2,15,18). The van der Waals surface area contributed by atoms with Crippen LogP contribution in [0.2, 0.25) is 0 Å². The highest BCUT2D eigenvalue weighted by atomic mass is 16.1. The molecule has 1 amide bonds. The molecule has 0 saturated carbocycles. The van der Waals surface area contributed by atoms with Gasteiger partial charge in [0.2, 0.25) is 5.91 Å². The summed E-state index contributed by atoms with van der Waals surface area (Å²) in [5.41, 5.74) is 4.94. The highest BCUT2D eigenvalue weighted by Gasteiger charge is 2.30. The second-order valence-corrected chi connectivity index (χ2v) is 5.50. The zero-order valence-corrected chi connectivity index (χ0v) is 12.8. The third kappa shape index (κ3) is 5.83. The Bertz CT molecular complexity index is 243. The molecule has 0 aromatic carbocycles. The molecule has 0 spiro atoms. The molecule has 1 atom stereocenters. The summed E-state index contributed by atoms with van der Waals surface area (Å²) in [6.07, 6.45) is 2.90. The van der Waals surface area contributed by atoms with Gasteiger partial charge in [-0.3, -0.25) is 4.79 Å². The van der Waals surface area contributed by atoms with E-state index in [-0.39, 0.29) is 5.91 Å². The molecule has 4 heteroatoms. The van der Waals surface area contributed by atoms with E-state index in [9.17, 15) is 4.79 Å². The van der Waals surface area contributed by atoms with Crippen LogP contribution in [0.25, 0.3) is 0 Å². The van der Waals surface area contributed by atoms with Gasteiger partial charge in [0.05, 0.1) is 5.54 Å². The van der Waals surface area contributed by atoms with Crippen molar-refractivity contribution in [1.82, 2.24) is 10.2 Å². The smallest absolute Gasteiger partial charge is 0.237 e. The van der Waals surface area contributed by atoms with Crippen LogP contribution in [0.3, 0.4) is 0 Å². The first-order chi connectivity index (χ1) is 8.37. The number of nitrogens with zero attached hydrogens (tertiary/aromatic N) is 1. The largest absolute Gasteiger partial charge is 0.368 e. The minimum atomic E-state index is -0.586. The van der Waals surface area contributed by atoms with Crippen molar-refractivity contribution < 1.29 is 4.79 Å². The van der Waals surface area contributed by atoms with Crippen LogP contribution in [0, 0.1) is 0 Å². The summed E-state index contributed by atoms with van der Waals surface area (Å²) in [6.45, 7) is 13.4. The molecule has 0 aromatic heterocycles. The average molecular weight is 257 g/mol. The number of rotatable bonds is 10. The predicted molar refractivity (Wildman–Crippen MR) is 77.5 cm³/mol. The lowest BCUT2D eigenvalue weighted by Crippen LogP contribution is -2.55. The molecule has 0 saturated heterocycles. The summed E-state index contributed by atoms with van der Waals surface area (Å²) in [5.74, 6) is -0.254. The molecule has 0 aliphatic rings. The lowest BCUT2D eigenvalue weighted by Gasteiger charge is -2.32. The molecule has 0 aliphatic carbocycles. The molecule has 0 radical (unpaired) electrons. The molecule has 0 aromatic rings. The van der Waals surface area contributed by atoms with Crippen LogP contribution in [0.15, 0.2) is 0 Å². The monoisotopic (exact) mass is 257 g/mol. The maximum Gasteiger partial charge on any atom is 0.237 e. The molecular weight excluding hydrogens is 226 g/mol. The van der Waals surface area contributed by atoms with Crippen LogP contribution < -0.4 is 11.1 Å². The first kappa shape index (κ1) is 17.4. The fourth-order valence-electron chi connectivity index (χ4n) is 1.98. The molecule has 0 heterocycles. The van der Waals surface area contributed by atoms with Crippen molar-refractivity contribution in [2.24, 2.45) is 5.73 Å². The van der Waals surface area contributed by atoms with Gasteiger partial charge in [-0.2, -0.15) is 0 Å². The van der Waals surface area contributed by atoms with E-state index < -0.39 is 5.54 Å². The average Bonchev–Trinajstić information content (AvgIpc) is 2.31. The predicted octanol–water partition coefficient (Wildman–Crippen LogP) is 1.74. The number of primary amides is 1. The van der Waals surface area contributed by atoms with E-state index in [4.69, 9.17) is 5.73 Å². The number of hydrogen-bond donors (Lipinski definition) is 2. The fourth-order valence-corrected chi connectivity index (χ4v) is 1.98. The van der Waals surface area contributed by atoms with Gasteiger partial charge in [0.15, 0.2) is 0 Å². The molecule has 18 heavy (non-hydrogen) atoms. The van der Waals surface area contributed by atoms with E-state index in [1.807, 2.05) is 6.92 Å². The Balaban J connectivity index is 4.44. The lowest BCUT2D eigenvalue weighted by atomic mass is 9.96. The van der Waals surface area contributed by atoms with Gasteiger partial charge < -0.3 is 16.0 Å². The van der Waals surface area contributed by atoms with Crippen molar-refractivity contribution in [3.8, 4) is 0 Å². The summed E-state index contributed by atoms with van der Waals surface area (Å²) in [6, 6.07) is 0.508. The summed E-state index contributed by atoms with van der Waals surface area (Å²) in [5, 5.41) is 3.28. The van der Waals surface area contributed by atoms with Crippen LogP contribution in [-0.4, -0.2) is 42.0 Å². The molecule has 0 fully saturated rings. The molecule has 0 bridgehead atoms. The third-order valence-corrected chi connectivity index (χ3v) is 3.45. The fraction of sp³-hybridized carbons (Fsp3) is 0.929. The number of amides is 1. The van der Waals surface area contributed by atoms with E-state index in [0.717, 1.165) is 38.9 Å². The number of hydrogen-bond acceptors (Lipinski definition) is 3. The number of carbonyl (C=O) groups excluding carboxylic acids is 1. The minimum Gasteiger partial charge on any atom is -0.368 e. The van der Waals surface area contributed by atoms with Crippen LogP contribution in [-0.2, 0) is 4.79 Å². The van der Waals surface area contributed by atoms with Crippen LogP contribution in [0.1, 0.15) is 53.9 Å².